The Balaban J connectivity index is 1.78. The first-order valence-corrected chi connectivity index (χ1v) is 10.3. The van der Waals surface area contributed by atoms with E-state index >= 15 is 0 Å². The molecule has 0 aromatic heterocycles. The molecule has 2 aliphatic heterocycles. The molecule has 2 heterocycles. The van der Waals surface area contributed by atoms with Crippen molar-refractivity contribution < 1.29 is 17.9 Å². The van der Waals surface area contributed by atoms with Crippen LogP contribution in [0.15, 0.2) is 48.5 Å². The van der Waals surface area contributed by atoms with E-state index < -0.39 is 21.9 Å². The van der Waals surface area contributed by atoms with Crippen molar-refractivity contribution in [2.45, 2.75) is 12.1 Å². The van der Waals surface area contributed by atoms with Crippen LogP contribution < -0.4 is 14.5 Å². The van der Waals surface area contributed by atoms with Crippen LogP contribution in [0.4, 0.5) is 16.2 Å². The molecule has 0 unspecified atom stereocenters. The number of amides is 2. The standard InChI is InChI=1S/C18H17ClN2O4S/c1-25-15-7-5-13(6-8-15)20-16-10-26(23,24)11-17(16)21(18(20)22)14-4-2-3-12(19)9-14/h2-9,16-17H,10-11H2,1H3/t16-,17-/m1/s1. The molecule has 0 N–H and O–H groups in total. The molecule has 0 saturated carbocycles. The highest BCUT2D eigenvalue weighted by molar-refractivity contribution is 7.91. The smallest absolute Gasteiger partial charge is 0.329 e. The van der Waals surface area contributed by atoms with E-state index in [1.807, 2.05) is 0 Å². The highest BCUT2D eigenvalue weighted by Crippen LogP contribution is 2.38. The summed E-state index contributed by atoms with van der Waals surface area (Å²) in [6.07, 6.45) is 0. The number of benzene rings is 2. The molecule has 26 heavy (non-hydrogen) atoms. The lowest BCUT2D eigenvalue weighted by atomic mass is 10.1. The molecule has 2 amide bonds. The van der Waals surface area contributed by atoms with Crippen LogP contribution in [0.3, 0.4) is 0 Å². The van der Waals surface area contributed by atoms with Gasteiger partial charge in [-0.15, -0.1) is 0 Å². The molecule has 2 aliphatic rings. The van der Waals surface area contributed by atoms with Crippen LogP contribution in [0.2, 0.25) is 5.02 Å². The van der Waals surface area contributed by atoms with Crippen molar-refractivity contribution in [2.24, 2.45) is 0 Å². The average molecular weight is 393 g/mol. The molecular weight excluding hydrogens is 376 g/mol. The van der Waals surface area contributed by atoms with Crippen LogP contribution in [0.1, 0.15) is 0 Å². The van der Waals surface area contributed by atoms with Gasteiger partial charge >= 0.3 is 6.03 Å². The summed E-state index contributed by atoms with van der Waals surface area (Å²) >= 11 is 6.07. The summed E-state index contributed by atoms with van der Waals surface area (Å²) < 4.78 is 29.7. The number of carbonyl (C=O) groups is 1. The van der Waals surface area contributed by atoms with Crippen LogP contribution in [0, 0.1) is 0 Å². The predicted octanol–water partition coefficient (Wildman–Crippen LogP) is 2.96. The van der Waals surface area contributed by atoms with Gasteiger partial charge in [0.1, 0.15) is 5.75 Å². The topological polar surface area (TPSA) is 66.9 Å². The van der Waals surface area contributed by atoms with Gasteiger partial charge in [0.2, 0.25) is 0 Å². The van der Waals surface area contributed by atoms with Gasteiger partial charge in [-0.25, -0.2) is 13.2 Å². The lowest BCUT2D eigenvalue weighted by Gasteiger charge is -2.23. The summed E-state index contributed by atoms with van der Waals surface area (Å²) in [7, 11) is -1.66. The Hall–Kier alpha value is -2.25. The zero-order valence-electron chi connectivity index (χ0n) is 14.0. The van der Waals surface area contributed by atoms with Crippen LogP contribution >= 0.6 is 11.6 Å². The zero-order valence-corrected chi connectivity index (χ0v) is 15.6. The Morgan fingerprint density at radius 3 is 2.19 bits per heavy atom. The second-order valence-electron chi connectivity index (χ2n) is 6.41. The summed E-state index contributed by atoms with van der Waals surface area (Å²) in [5.41, 5.74) is 1.25. The lowest BCUT2D eigenvalue weighted by molar-refractivity contribution is 0.255. The monoisotopic (exact) mass is 392 g/mol. The van der Waals surface area contributed by atoms with Gasteiger partial charge in [0.25, 0.3) is 0 Å². The van der Waals surface area contributed by atoms with E-state index in [2.05, 4.69) is 0 Å². The van der Waals surface area contributed by atoms with Crippen LogP contribution in [-0.2, 0) is 9.84 Å². The lowest BCUT2D eigenvalue weighted by Crippen LogP contribution is -2.37. The normalized spacial score (nSPS) is 24.0. The molecule has 0 aliphatic carbocycles. The van der Waals surface area contributed by atoms with Gasteiger partial charge in [0, 0.05) is 16.4 Å². The van der Waals surface area contributed by atoms with E-state index in [1.54, 1.807) is 65.4 Å². The first-order chi connectivity index (χ1) is 12.4. The summed E-state index contributed by atoms with van der Waals surface area (Å²) in [6.45, 7) is 0. The van der Waals surface area contributed by atoms with Crippen LogP contribution in [-0.4, -0.2) is 45.1 Å². The summed E-state index contributed by atoms with van der Waals surface area (Å²) in [4.78, 5) is 16.3. The second kappa shape index (κ2) is 6.17. The molecule has 2 atom stereocenters. The Labute approximate surface area is 156 Å². The third-order valence-electron chi connectivity index (χ3n) is 4.81. The van der Waals surface area contributed by atoms with Gasteiger partial charge < -0.3 is 4.74 Å². The minimum Gasteiger partial charge on any atom is -0.497 e. The maximum atomic E-state index is 13.2. The first kappa shape index (κ1) is 17.2. The number of ether oxygens (including phenoxy) is 1. The molecule has 4 rings (SSSR count). The quantitative estimate of drug-likeness (QED) is 0.753. The third-order valence-corrected chi connectivity index (χ3v) is 6.74. The number of carbonyl (C=O) groups excluding carboxylic acids is 1. The van der Waals surface area contributed by atoms with E-state index in [-0.39, 0.29) is 17.5 Å². The maximum absolute atomic E-state index is 13.2. The van der Waals surface area contributed by atoms with E-state index in [1.165, 1.54) is 0 Å². The maximum Gasteiger partial charge on any atom is 0.329 e. The fraction of sp³-hybridized carbons (Fsp3) is 0.278. The Morgan fingerprint density at radius 2 is 1.62 bits per heavy atom. The molecule has 2 aromatic rings. The van der Waals surface area contributed by atoms with Crippen molar-refractivity contribution in [2.75, 3.05) is 28.4 Å². The van der Waals surface area contributed by atoms with Crippen molar-refractivity contribution in [1.82, 2.24) is 0 Å². The number of nitrogens with zero attached hydrogens (tertiary/aromatic N) is 2. The average Bonchev–Trinajstić information content (AvgIpc) is 3.03. The van der Waals surface area contributed by atoms with E-state index in [4.69, 9.17) is 16.3 Å². The minimum absolute atomic E-state index is 0.0491. The molecule has 0 radical (unpaired) electrons. The molecule has 6 nitrogen and oxygen atoms in total. The number of urea groups is 1. The fourth-order valence-corrected chi connectivity index (χ4v) is 5.78. The Morgan fingerprint density at radius 1 is 1.00 bits per heavy atom. The van der Waals surface area contributed by atoms with Crippen LogP contribution in [0.25, 0.3) is 0 Å². The van der Waals surface area contributed by atoms with E-state index in [9.17, 15) is 13.2 Å². The number of hydrogen-bond acceptors (Lipinski definition) is 4. The van der Waals surface area contributed by atoms with Gasteiger partial charge in [0.05, 0.1) is 30.7 Å². The molecule has 2 aromatic carbocycles. The molecule has 0 spiro atoms. The Kier molecular flexibility index (Phi) is 4.08. The zero-order chi connectivity index (χ0) is 18.5. The molecule has 8 heteroatoms. The molecular formula is C18H17ClN2O4S. The highest BCUT2D eigenvalue weighted by Gasteiger charge is 2.54. The van der Waals surface area contributed by atoms with Crippen LogP contribution in [0.5, 0.6) is 5.75 Å². The van der Waals surface area contributed by atoms with Gasteiger partial charge in [-0.05, 0) is 42.5 Å². The van der Waals surface area contributed by atoms with E-state index in [0.29, 0.717) is 22.1 Å². The van der Waals surface area contributed by atoms with Gasteiger partial charge in [0.15, 0.2) is 9.84 Å². The van der Waals surface area contributed by atoms with Crippen molar-refractivity contribution in [3.63, 3.8) is 0 Å². The first-order valence-electron chi connectivity index (χ1n) is 8.12. The number of anilines is 2. The van der Waals surface area contributed by atoms with E-state index in [0.717, 1.165) is 0 Å². The largest absolute Gasteiger partial charge is 0.497 e. The summed E-state index contributed by atoms with van der Waals surface area (Å²) in [5.74, 6) is 0.567. The van der Waals surface area contributed by atoms with Crippen molar-refractivity contribution in [3.05, 3.63) is 53.6 Å². The fourth-order valence-electron chi connectivity index (χ4n) is 3.68. The number of sulfone groups is 1. The third kappa shape index (κ3) is 2.81. The minimum atomic E-state index is -3.23. The summed E-state index contributed by atoms with van der Waals surface area (Å²) in [6, 6.07) is 12.8. The molecule has 0 bridgehead atoms. The number of hydrogen-bond donors (Lipinski definition) is 0. The number of rotatable bonds is 3. The Bertz CT molecular complexity index is 961. The number of halogens is 1. The SMILES string of the molecule is COc1ccc(N2C(=O)N(c3cccc(Cl)c3)[C@@H]3CS(=O)(=O)C[C@H]32)cc1. The van der Waals surface area contributed by atoms with Gasteiger partial charge in [-0.1, -0.05) is 17.7 Å². The summed E-state index contributed by atoms with van der Waals surface area (Å²) in [5, 5.41) is 0.496. The highest BCUT2D eigenvalue weighted by atomic mass is 35.5. The second-order valence-corrected chi connectivity index (χ2v) is 9.00. The number of methoxy groups -OCH3 is 1. The van der Waals surface area contributed by atoms with Gasteiger partial charge in [-0.3, -0.25) is 9.80 Å². The molecule has 2 saturated heterocycles. The molecule has 136 valence electrons. The van der Waals surface area contributed by atoms with Crippen molar-refractivity contribution in [3.8, 4) is 5.75 Å². The molecule has 2 fully saturated rings. The number of fused-ring (bicyclic) bond motifs is 1. The van der Waals surface area contributed by atoms with Crippen molar-refractivity contribution >= 4 is 38.8 Å². The predicted molar refractivity (Wildman–Crippen MR) is 101 cm³/mol. The van der Waals surface area contributed by atoms with Gasteiger partial charge in [-0.2, -0.15) is 0 Å². The van der Waals surface area contributed by atoms with Crippen molar-refractivity contribution in [1.29, 1.82) is 0 Å².